The Kier molecular flexibility index (Phi) is 9.74. The molecule has 0 unspecified atom stereocenters. The van der Waals surface area contributed by atoms with Gasteiger partial charge in [0.15, 0.2) is 5.78 Å². The number of ketones is 1. The molecule has 2 aromatic carbocycles. The van der Waals surface area contributed by atoms with Crippen LogP contribution in [0.4, 0.5) is 0 Å². The first-order valence-corrected chi connectivity index (χ1v) is 12.1. The molecule has 0 amide bonds. The molecule has 0 aliphatic carbocycles. The normalized spacial score (nSPS) is 11.5. The first-order valence-electron chi connectivity index (χ1n) is 11.3. The molecule has 0 aliphatic heterocycles. The summed E-state index contributed by atoms with van der Waals surface area (Å²) in [6.07, 6.45) is 3.18. The quantitative estimate of drug-likeness (QED) is 0.136. The molecule has 35 heavy (non-hydrogen) atoms. The molecule has 0 aliphatic rings. The Bertz CT molecular complexity index is 1340. The Hall–Kier alpha value is -2.59. The van der Waals surface area contributed by atoms with E-state index < -0.39 is 0 Å². The number of carbonyl (C=O) groups is 1. The van der Waals surface area contributed by atoms with Gasteiger partial charge in [-0.15, -0.1) is 46.2 Å². The van der Waals surface area contributed by atoms with Gasteiger partial charge in [-0.25, -0.2) is 0 Å². The van der Waals surface area contributed by atoms with E-state index in [1.807, 2.05) is 17.5 Å². The van der Waals surface area contributed by atoms with Crippen molar-refractivity contribution in [3.05, 3.63) is 89.3 Å². The van der Waals surface area contributed by atoms with Crippen LogP contribution in [0.2, 0.25) is 0 Å². The second-order valence-electron chi connectivity index (χ2n) is 9.60. The number of aromatic nitrogens is 1. The van der Waals surface area contributed by atoms with Crippen molar-refractivity contribution in [2.75, 3.05) is 0 Å². The number of rotatable bonds is 3. The molecule has 0 atom stereocenters. The summed E-state index contributed by atoms with van der Waals surface area (Å²) in [7, 11) is 0. The number of aryl methyl sites for hydroxylation is 2. The van der Waals surface area contributed by atoms with Crippen LogP contribution in [0.5, 0.6) is 0 Å². The summed E-state index contributed by atoms with van der Waals surface area (Å²) in [6.45, 7) is 13.9. The van der Waals surface area contributed by atoms with Crippen LogP contribution < -0.4 is 0 Å². The molecule has 0 saturated heterocycles. The number of carbonyl (C=O) groups excluding carboxylic acids is 1. The van der Waals surface area contributed by atoms with Crippen molar-refractivity contribution in [3.8, 4) is 21.7 Å². The fourth-order valence-electron chi connectivity index (χ4n) is 3.72. The van der Waals surface area contributed by atoms with Crippen LogP contribution in [-0.4, -0.2) is 15.9 Å². The zero-order chi connectivity index (χ0) is 25.0. The minimum Gasteiger partial charge on any atom is -0.512 e. The first kappa shape index (κ1) is 28.6. The predicted molar refractivity (Wildman–Crippen MR) is 145 cm³/mol. The maximum absolute atomic E-state index is 10.0. The van der Waals surface area contributed by atoms with Crippen LogP contribution >= 0.6 is 11.3 Å². The number of nitrogens with zero attached hydrogens (tertiary/aromatic N) is 1. The molecular weight excluding hydrogens is 631 g/mol. The number of hydrogen-bond donors (Lipinski definition) is 1. The zero-order valence-electron chi connectivity index (χ0n) is 21.3. The minimum atomic E-state index is -0.125. The van der Waals surface area contributed by atoms with E-state index in [1.54, 1.807) is 0 Å². The summed E-state index contributed by atoms with van der Waals surface area (Å²) < 4.78 is 1.24. The maximum atomic E-state index is 10.0. The van der Waals surface area contributed by atoms with E-state index in [4.69, 9.17) is 10.1 Å². The molecule has 2 heterocycles. The first-order chi connectivity index (χ1) is 16.0. The van der Waals surface area contributed by atoms with Gasteiger partial charge in [0.2, 0.25) is 0 Å². The Morgan fingerprint density at radius 2 is 1.71 bits per heavy atom. The second kappa shape index (κ2) is 11.9. The third-order valence-electron chi connectivity index (χ3n) is 5.42. The Balaban J connectivity index is 0.000000476. The smallest absolute Gasteiger partial charge is 0.155 e. The van der Waals surface area contributed by atoms with Gasteiger partial charge in [-0.2, -0.15) is 0 Å². The van der Waals surface area contributed by atoms with Gasteiger partial charge >= 0.3 is 0 Å². The third kappa shape index (κ3) is 7.44. The van der Waals surface area contributed by atoms with Gasteiger partial charge in [0.1, 0.15) is 0 Å². The van der Waals surface area contributed by atoms with Crippen LogP contribution in [-0.2, 0) is 30.3 Å². The van der Waals surface area contributed by atoms with Crippen molar-refractivity contribution < 1.29 is 30.0 Å². The fraction of sp³-hybridized carbons (Fsp3) is 0.267. The molecule has 0 spiro atoms. The topological polar surface area (TPSA) is 50.2 Å². The van der Waals surface area contributed by atoms with Crippen molar-refractivity contribution in [2.24, 2.45) is 0 Å². The van der Waals surface area contributed by atoms with E-state index in [9.17, 15) is 4.79 Å². The molecule has 4 aromatic rings. The molecule has 3 nitrogen and oxygen atoms in total. The van der Waals surface area contributed by atoms with Crippen LogP contribution in [0.1, 0.15) is 51.3 Å². The van der Waals surface area contributed by atoms with Gasteiger partial charge in [0.25, 0.3) is 0 Å². The SMILES string of the molecule is CC(=O)/C=C(/C)O.Cc1[c-]c(-c2cc3c(C)c(-c4ccccc4)sc3cn2)cc(C(C)(C)C)c1.[Ir]. The van der Waals surface area contributed by atoms with E-state index in [-0.39, 0.29) is 37.1 Å². The number of benzene rings is 2. The van der Waals surface area contributed by atoms with E-state index in [2.05, 4.69) is 89.2 Å². The van der Waals surface area contributed by atoms with Gasteiger partial charge in [-0.3, -0.25) is 4.79 Å². The summed E-state index contributed by atoms with van der Waals surface area (Å²) in [4.78, 5) is 16.1. The van der Waals surface area contributed by atoms with Gasteiger partial charge in [-0.05, 0) is 48.4 Å². The van der Waals surface area contributed by atoms with Crippen LogP contribution in [0.3, 0.4) is 0 Å². The summed E-state index contributed by atoms with van der Waals surface area (Å²) >= 11 is 1.82. The van der Waals surface area contributed by atoms with E-state index >= 15 is 0 Å². The monoisotopic (exact) mass is 663 g/mol. The van der Waals surface area contributed by atoms with Gasteiger partial charge in [0, 0.05) is 37.3 Å². The summed E-state index contributed by atoms with van der Waals surface area (Å²) in [5.74, 6) is -0.0625. The minimum absolute atomic E-state index is 0. The third-order valence-corrected chi connectivity index (χ3v) is 6.71. The number of aliphatic hydroxyl groups excluding tert-OH is 1. The number of aliphatic hydroxyl groups is 1. The second-order valence-corrected chi connectivity index (χ2v) is 10.7. The van der Waals surface area contributed by atoms with Crippen LogP contribution in [0.25, 0.3) is 31.8 Å². The molecule has 0 bridgehead atoms. The molecule has 5 heteroatoms. The van der Waals surface area contributed by atoms with Gasteiger partial charge in [0.05, 0.1) is 10.5 Å². The average molecular weight is 663 g/mol. The largest absolute Gasteiger partial charge is 0.512 e. The number of allylic oxidation sites excluding steroid dienone is 2. The number of thiophene rings is 1. The van der Waals surface area contributed by atoms with Crippen molar-refractivity contribution in [2.45, 2.75) is 53.9 Å². The summed E-state index contributed by atoms with van der Waals surface area (Å²) in [5.41, 5.74) is 7.26. The van der Waals surface area contributed by atoms with Gasteiger partial charge in [-0.1, -0.05) is 64.1 Å². The Morgan fingerprint density at radius 3 is 2.26 bits per heavy atom. The standard InChI is InChI=1S/C25H24NS.C5H8O2.Ir/c1-16-11-19(13-20(12-16)25(3,4)5)22-14-21-17(2)24(27-23(21)15-26-22)18-9-7-6-8-10-18;1-4(6)3-5(2)7;/h6-10,12-15H,1-5H3;3,6H,1-2H3;/q-1;;/b;4-3-;. The Labute approximate surface area is 226 Å². The van der Waals surface area contributed by atoms with Crippen molar-refractivity contribution in [1.29, 1.82) is 0 Å². The molecule has 185 valence electrons. The van der Waals surface area contributed by atoms with E-state index in [0.717, 1.165) is 16.8 Å². The maximum Gasteiger partial charge on any atom is 0.155 e. The Morgan fingerprint density at radius 1 is 1.06 bits per heavy atom. The summed E-state index contributed by atoms with van der Waals surface area (Å²) in [5, 5.41) is 9.65. The average Bonchev–Trinajstić information content (AvgIpc) is 3.09. The number of pyridine rings is 1. The van der Waals surface area contributed by atoms with E-state index in [1.165, 1.54) is 51.6 Å². The van der Waals surface area contributed by atoms with Crippen molar-refractivity contribution in [1.82, 2.24) is 4.98 Å². The summed E-state index contributed by atoms with van der Waals surface area (Å²) in [6, 6.07) is 20.8. The molecule has 1 radical (unpaired) electrons. The van der Waals surface area contributed by atoms with Crippen LogP contribution in [0, 0.1) is 19.9 Å². The van der Waals surface area contributed by atoms with Crippen molar-refractivity contribution >= 4 is 27.2 Å². The predicted octanol–water partition coefficient (Wildman–Crippen LogP) is 8.38. The van der Waals surface area contributed by atoms with Crippen molar-refractivity contribution in [3.63, 3.8) is 0 Å². The molecule has 1 N–H and O–H groups in total. The zero-order valence-corrected chi connectivity index (χ0v) is 24.5. The number of hydrogen-bond acceptors (Lipinski definition) is 4. The molecular formula is C30H32IrNO2S-. The molecule has 0 fully saturated rings. The molecule has 4 rings (SSSR count). The molecule has 2 aromatic heterocycles. The van der Waals surface area contributed by atoms with Crippen LogP contribution in [0.15, 0.2) is 66.6 Å². The van der Waals surface area contributed by atoms with Gasteiger partial charge < -0.3 is 10.1 Å². The van der Waals surface area contributed by atoms with E-state index in [0.29, 0.717) is 0 Å². The molecule has 0 saturated carbocycles. The number of fused-ring (bicyclic) bond motifs is 1. The fourth-order valence-corrected chi connectivity index (χ4v) is 4.88.